The van der Waals surface area contributed by atoms with Gasteiger partial charge in [0.1, 0.15) is 0 Å². The second-order valence-corrected chi connectivity index (χ2v) is 4.60. The molecule has 0 fully saturated rings. The molecule has 0 aliphatic heterocycles. The van der Waals surface area contributed by atoms with Crippen LogP contribution in [0, 0.1) is 0 Å². The molecule has 3 nitrogen and oxygen atoms in total. The summed E-state index contributed by atoms with van der Waals surface area (Å²) >= 11 is 0. The van der Waals surface area contributed by atoms with E-state index in [2.05, 4.69) is 4.74 Å². The normalized spacial score (nSPS) is 12.4. The van der Waals surface area contributed by atoms with Gasteiger partial charge in [0.2, 0.25) is 0 Å². The van der Waals surface area contributed by atoms with Gasteiger partial charge in [0.05, 0.1) is 6.10 Å². The van der Waals surface area contributed by atoms with Gasteiger partial charge in [-0.3, -0.25) is 0 Å². The van der Waals surface area contributed by atoms with E-state index in [1.807, 2.05) is 0 Å². The summed E-state index contributed by atoms with van der Waals surface area (Å²) in [6.45, 7) is 3.48. The van der Waals surface area contributed by atoms with Gasteiger partial charge in [0.15, 0.2) is 5.94 Å². The molecule has 0 aliphatic rings. The highest BCUT2D eigenvalue weighted by atomic mass is 35.7. The van der Waals surface area contributed by atoms with Crippen LogP contribution in [0.25, 0.3) is 0 Å². The lowest BCUT2D eigenvalue weighted by atomic mass is 10.5. The molecule has 56 valence electrons. The third-order valence-electron chi connectivity index (χ3n) is 0.542. The minimum Gasteiger partial charge on any atom is -0.362 e. The van der Waals surface area contributed by atoms with Crippen LogP contribution in [0.1, 0.15) is 13.8 Å². The molecule has 0 saturated heterocycles. The van der Waals surface area contributed by atoms with Gasteiger partial charge in [0, 0.05) is 10.7 Å². The lowest BCUT2D eigenvalue weighted by molar-refractivity contribution is 0.116. The highest BCUT2D eigenvalue weighted by molar-refractivity contribution is 8.13. The number of halogens is 1. The van der Waals surface area contributed by atoms with Gasteiger partial charge in [-0.25, -0.2) is 8.42 Å². The number of hydrogen-bond donors (Lipinski definition) is 0. The molecule has 0 aromatic heterocycles. The Labute approximate surface area is 59.4 Å². The first-order valence-corrected chi connectivity index (χ1v) is 4.93. The molecule has 0 saturated carbocycles. The molecule has 0 aromatic rings. The van der Waals surface area contributed by atoms with E-state index in [0.29, 0.717) is 0 Å². The second-order valence-electron chi connectivity index (χ2n) is 1.87. The average molecular weight is 173 g/mol. The molecule has 0 rings (SSSR count). The van der Waals surface area contributed by atoms with Gasteiger partial charge >= 0.3 is 0 Å². The molecule has 0 heterocycles. The summed E-state index contributed by atoms with van der Waals surface area (Å²) in [5, 5.41) is 0. The summed E-state index contributed by atoms with van der Waals surface area (Å²) in [6, 6.07) is 0. The predicted molar refractivity (Wildman–Crippen MR) is 35.9 cm³/mol. The third-order valence-corrected chi connectivity index (χ3v) is 1.23. The van der Waals surface area contributed by atoms with Crippen LogP contribution >= 0.6 is 10.7 Å². The standard InChI is InChI=1S/C4H9ClO3S/c1-4(2)8-3-9(5,6)7/h4H,3H2,1-2H3. The van der Waals surface area contributed by atoms with Gasteiger partial charge in [-0.05, 0) is 13.8 Å². The molecule has 0 aromatic carbocycles. The highest BCUT2D eigenvalue weighted by Gasteiger charge is 2.05. The maximum Gasteiger partial charge on any atom is 0.256 e. The van der Waals surface area contributed by atoms with Gasteiger partial charge < -0.3 is 4.74 Å². The van der Waals surface area contributed by atoms with E-state index >= 15 is 0 Å². The Morgan fingerprint density at radius 2 is 2.00 bits per heavy atom. The topological polar surface area (TPSA) is 43.4 Å². The molecule has 5 heteroatoms. The molecule has 0 amide bonds. The quantitative estimate of drug-likeness (QED) is 0.595. The van der Waals surface area contributed by atoms with Crippen molar-refractivity contribution in [3.63, 3.8) is 0 Å². The fraction of sp³-hybridized carbons (Fsp3) is 1.00. The SMILES string of the molecule is CC(C)OCS(=O)(=O)Cl. The lowest BCUT2D eigenvalue weighted by Crippen LogP contribution is -2.08. The van der Waals surface area contributed by atoms with E-state index in [0.717, 1.165) is 0 Å². The zero-order valence-electron chi connectivity index (χ0n) is 5.30. The van der Waals surface area contributed by atoms with E-state index < -0.39 is 15.0 Å². The first-order chi connectivity index (χ1) is 3.92. The first kappa shape index (κ1) is 9.20. The lowest BCUT2D eigenvalue weighted by Gasteiger charge is -2.02. The second kappa shape index (κ2) is 3.39. The van der Waals surface area contributed by atoms with Crippen molar-refractivity contribution in [2.75, 3.05) is 5.94 Å². The van der Waals surface area contributed by atoms with Gasteiger partial charge in [-0.15, -0.1) is 0 Å². The van der Waals surface area contributed by atoms with E-state index in [1.165, 1.54) is 0 Å². The van der Waals surface area contributed by atoms with Crippen molar-refractivity contribution >= 4 is 19.7 Å². The molecule has 9 heavy (non-hydrogen) atoms. The van der Waals surface area contributed by atoms with Gasteiger partial charge in [0.25, 0.3) is 9.05 Å². The fourth-order valence-corrected chi connectivity index (χ4v) is 0.806. The molecular formula is C4H9ClO3S. The maximum absolute atomic E-state index is 10.2. The molecule has 0 N–H and O–H groups in total. The van der Waals surface area contributed by atoms with Crippen molar-refractivity contribution in [3.8, 4) is 0 Å². The highest BCUT2D eigenvalue weighted by Crippen LogP contribution is 1.98. The van der Waals surface area contributed by atoms with E-state index in [9.17, 15) is 8.42 Å². The minimum absolute atomic E-state index is 0.0986. The van der Waals surface area contributed by atoms with Crippen molar-refractivity contribution in [3.05, 3.63) is 0 Å². The first-order valence-electron chi connectivity index (χ1n) is 2.46. The molecule has 0 bridgehead atoms. The van der Waals surface area contributed by atoms with Crippen LogP contribution in [0.2, 0.25) is 0 Å². The number of ether oxygens (including phenoxy) is 1. The molecule has 0 atom stereocenters. The van der Waals surface area contributed by atoms with Crippen molar-refractivity contribution in [1.29, 1.82) is 0 Å². The zero-order chi connectivity index (χ0) is 7.49. The third kappa shape index (κ3) is 8.20. The summed E-state index contributed by atoms with van der Waals surface area (Å²) in [5.41, 5.74) is 0. The Balaban J connectivity index is 3.53. The van der Waals surface area contributed by atoms with Crippen molar-refractivity contribution < 1.29 is 13.2 Å². The molecule has 0 spiro atoms. The number of rotatable bonds is 3. The summed E-state index contributed by atoms with van der Waals surface area (Å²) in [4.78, 5) is 0. The van der Waals surface area contributed by atoms with Crippen LogP contribution in [-0.4, -0.2) is 20.5 Å². The minimum atomic E-state index is -3.47. The monoisotopic (exact) mass is 172 g/mol. The van der Waals surface area contributed by atoms with Crippen molar-refractivity contribution in [1.82, 2.24) is 0 Å². The van der Waals surface area contributed by atoms with Crippen LogP contribution in [-0.2, 0) is 13.8 Å². The largest absolute Gasteiger partial charge is 0.362 e. The molecule has 0 aliphatic carbocycles. The summed E-state index contributed by atoms with van der Waals surface area (Å²) in [7, 11) is 1.36. The Morgan fingerprint density at radius 3 is 2.11 bits per heavy atom. The van der Waals surface area contributed by atoms with Crippen LogP contribution in [0.5, 0.6) is 0 Å². The number of hydrogen-bond acceptors (Lipinski definition) is 3. The molecular weight excluding hydrogens is 164 g/mol. The van der Waals surface area contributed by atoms with Crippen molar-refractivity contribution in [2.45, 2.75) is 20.0 Å². The summed E-state index contributed by atoms with van der Waals surface area (Å²) < 4.78 is 25.0. The smallest absolute Gasteiger partial charge is 0.256 e. The van der Waals surface area contributed by atoms with E-state index in [4.69, 9.17) is 10.7 Å². The van der Waals surface area contributed by atoms with Crippen molar-refractivity contribution in [2.24, 2.45) is 0 Å². The van der Waals surface area contributed by atoms with Crippen LogP contribution in [0.3, 0.4) is 0 Å². The van der Waals surface area contributed by atoms with Crippen LogP contribution in [0.15, 0.2) is 0 Å². The van der Waals surface area contributed by atoms with Crippen LogP contribution < -0.4 is 0 Å². The summed E-state index contributed by atoms with van der Waals surface area (Å²) in [5.74, 6) is -0.410. The van der Waals surface area contributed by atoms with E-state index in [-0.39, 0.29) is 6.10 Å². The van der Waals surface area contributed by atoms with Gasteiger partial charge in [-0.1, -0.05) is 0 Å². The maximum atomic E-state index is 10.2. The summed E-state index contributed by atoms with van der Waals surface area (Å²) in [6.07, 6.45) is -0.0986. The Kier molecular flexibility index (Phi) is 3.46. The zero-order valence-corrected chi connectivity index (χ0v) is 6.87. The Hall–Kier alpha value is 0.200. The molecule has 0 unspecified atom stereocenters. The average Bonchev–Trinajstić information content (AvgIpc) is 1.59. The Bertz CT molecular complexity index is 161. The Morgan fingerprint density at radius 1 is 1.56 bits per heavy atom. The predicted octanol–water partition coefficient (Wildman–Crippen LogP) is 0.938. The van der Waals surface area contributed by atoms with Gasteiger partial charge in [-0.2, -0.15) is 0 Å². The fourth-order valence-electron chi connectivity index (χ4n) is 0.217. The van der Waals surface area contributed by atoms with Crippen LogP contribution in [0.4, 0.5) is 0 Å². The molecule has 0 radical (unpaired) electrons. The van der Waals surface area contributed by atoms with E-state index in [1.54, 1.807) is 13.8 Å².